The average molecular weight is 508 g/mol. The molecule has 1 aliphatic rings. The Morgan fingerprint density at radius 2 is 1.83 bits per heavy atom. The predicted octanol–water partition coefficient (Wildman–Crippen LogP) is 4.38. The lowest BCUT2D eigenvalue weighted by atomic mass is 10.1. The van der Waals surface area contributed by atoms with Crippen LogP contribution in [0.25, 0.3) is 11.3 Å². The summed E-state index contributed by atoms with van der Waals surface area (Å²) in [6, 6.07) is 12.6. The van der Waals surface area contributed by atoms with Crippen LogP contribution in [0.5, 0.6) is 0 Å². The number of halogens is 4. The van der Waals surface area contributed by atoms with Gasteiger partial charge in [-0.2, -0.15) is 17.5 Å². The molecule has 4 rings (SSSR count). The monoisotopic (exact) mass is 507 g/mol. The van der Waals surface area contributed by atoms with Gasteiger partial charge in [0.2, 0.25) is 15.9 Å². The van der Waals surface area contributed by atoms with Crippen LogP contribution in [-0.4, -0.2) is 36.2 Å². The van der Waals surface area contributed by atoms with Crippen molar-refractivity contribution in [2.45, 2.75) is 36.5 Å². The molecule has 1 aromatic heterocycles. The summed E-state index contributed by atoms with van der Waals surface area (Å²) in [4.78, 5) is 16.6. The largest absolute Gasteiger partial charge is 0.417 e. The topological polar surface area (TPSA) is 79.4 Å². The number of amides is 1. The zero-order chi connectivity index (χ0) is 25.2. The SMILES string of the molecule is O=C(NCc1cccc(-c2ccc(C(F)(F)F)cn2)c1)[C@@H]1CCCN1S(=O)(=O)c1ccc(F)cc1. The van der Waals surface area contributed by atoms with Crippen molar-refractivity contribution in [1.82, 2.24) is 14.6 Å². The summed E-state index contributed by atoms with van der Waals surface area (Å²) in [6.07, 6.45) is -2.86. The minimum absolute atomic E-state index is 0.0876. The van der Waals surface area contributed by atoms with Crippen molar-refractivity contribution >= 4 is 15.9 Å². The number of nitrogens with zero attached hydrogens (tertiary/aromatic N) is 2. The van der Waals surface area contributed by atoms with E-state index in [4.69, 9.17) is 0 Å². The molecule has 1 amide bonds. The van der Waals surface area contributed by atoms with Crippen LogP contribution in [0.1, 0.15) is 24.0 Å². The van der Waals surface area contributed by atoms with E-state index in [1.54, 1.807) is 24.3 Å². The van der Waals surface area contributed by atoms with Gasteiger partial charge in [-0.05, 0) is 60.9 Å². The minimum Gasteiger partial charge on any atom is -0.351 e. The highest BCUT2D eigenvalue weighted by atomic mass is 32.2. The molecule has 0 bridgehead atoms. The number of carbonyl (C=O) groups is 1. The van der Waals surface area contributed by atoms with E-state index in [2.05, 4.69) is 10.3 Å². The van der Waals surface area contributed by atoms with Gasteiger partial charge in [0.15, 0.2) is 0 Å². The van der Waals surface area contributed by atoms with E-state index in [9.17, 15) is 30.8 Å². The van der Waals surface area contributed by atoms with Crippen molar-refractivity contribution in [1.29, 1.82) is 0 Å². The minimum atomic E-state index is -4.48. The van der Waals surface area contributed by atoms with Crippen LogP contribution in [0.4, 0.5) is 17.6 Å². The van der Waals surface area contributed by atoms with Crippen LogP contribution in [0.2, 0.25) is 0 Å². The summed E-state index contributed by atoms with van der Waals surface area (Å²) in [5.41, 5.74) is 0.746. The zero-order valence-corrected chi connectivity index (χ0v) is 19.1. The van der Waals surface area contributed by atoms with E-state index in [0.29, 0.717) is 29.7 Å². The van der Waals surface area contributed by atoms with Crippen molar-refractivity contribution in [2.75, 3.05) is 6.54 Å². The highest BCUT2D eigenvalue weighted by Crippen LogP contribution is 2.30. The van der Waals surface area contributed by atoms with Crippen LogP contribution in [0, 0.1) is 5.82 Å². The second-order valence-corrected chi connectivity index (χ2v) is 9.97. The number of benzene rings is 2. The van der Waals surface area contributed by atoms with E-state index >= 15 is 0 Å². The lowest BCUT2D eigenvalue weighted by Gasteiger charge is -2.23. The second-order valence-electron chi connectivity index (χ2n) is 8.08. The molecule has 1 aliphatic heterocycles. The molecule has 0 radical (unpaired) electrons. The molecule has 1 fully saturated rings. The lowest BCUT2D eigenvalue weighted by molar-refractivity contribution is -0.137. The summed E-state index contributed by atoms with van der Waals surface area (Å²) < 4.78 is 78.6. The van der Waals surface area contributed by atoms with Gasteiger partial charge in [-0.3, -0.25) is 9.78 Å². The fourth-order valence-electron chi connectivity index (χ4n) is 3.91. The number of rotatable bonds is 6. The van der Waals surface area contributed by atoms with Gasteiger partial charge in [0.1, 0.15) is 11.9 Å². The summed E-state index contributed by atoms with van der Waals surface area (Å²) in [6.45, 7) is 0.265. The first-order valence-electron chi connectivity index (χ1n) is 10.7. The van der Waals surface area contributed by atoms with E-state index in [1.165, 1.54) is 18.2 Å². The van der Waals surface area contributed by atoms with Gasteiger partial charge in [0.25, 0.3) is 0 Å². The Labute approximate surface area is 199 Å². The van der Waals surface area contributed by atoms with Gasteiger partial charge >= 0.3 is 6.18 Å². The maximum absolute atomic E-state index is 13.2. The molecule has 0 aliphatic carbocycles. The molecule has 1 N–H and O–H groups in total. The smallest absolute Gasteiger partial charge is 0.351 e. The molecule has 0 unspecified atom stereocenters. The number of hydrogen-bond donors (Lipinski definition) is 1. The van der Waals surface area contributed by atoms with Gasteiger partial charge in [-0.1, -0.05) is 18.2 Å². The van der Waals surface area contributed by atoms with Gasteiger partial charge in [-0.15, -0.1) is 0 Å². The van der Waals surface area contributed by atoms with Gasteiger partial charge in [0, 0.05) is 24.8 Å². The second kappa shape index (κ2) is 9.74. The molecule has 2 aromatic carbocycles. The molecule has 3 aromatic rings. The van der Waals surface area contributed by atoms with Crippen molar-refractivity contribution in [2.24, 2.45) is 0 Å². The number of alkyl halides is 3. The first-order valence-corrected chi connectivity index (χ1v) is 12.2. The normalized spacial score (nSPS) is 16.9. The van der Waals surface area contributed by atoms with Gasteiger partial charge in [-0.25, -0.2) is 12.8 Å². The van der Waals surface area contributed by atoms with E-state index in [-0.39, 0.29) is 18.0 Å². The molecule has 6 nitrogen and oxygen atoms in total. The molecular weight excluding hydrogens is 486 g/mol. The summed E-state index contributed by atoms with van der Waals surface area (Å²) in [5, 5.41) is 2.74. The number of pyridine rings is 1. The van der Waals surface area contributed by atoms with Gasteiger partial charge < -0.3 is 5.32 Å². The fourth-order valence-corrected chi connectivity index (χ4v) is 5.57. The molecule has 2 heterocycles. The molecule has 184 valence electrons. The van der Waals surface area contributed by atoms with Crippen LogP contribution >= 0.6 is 0 Å². The molecule has 35 heavy (non-hydrogen) atoms. The molecule has 1 atom stereocenters. The van der Waals surface area contributed by atoms with Crippen molar-refractivity contribution in [3.63, 3.8) is 0 Å². The summed E-state index contributed by atoms with van der Waals surface area (Å²) >= 11 is 0. The van der Waals surface area contributed by atoms with Crippen molar-refractivity contribution in [3.05, 3.63) is 83.8 Å². The van der Waals surface area contributed by atoms with Crippen LogP contribution in [0.15, 0.2) is 71.8 Å². The Hall–Kier alpha value is -3.31. The number of nitrogens with one attached hydrogen (secondary N) is 1. The lowest BCUT2D eigenvalue weighted by Crippen LogP contribution is -2.45. The molecular formula is C24H21F4N3O3S. The number of carbonyl (C=O) groups excluding carboxylic acids is 1. The Kier molecular flexibility index (Phi) is 6.91. The number of sulfonamides is 1. The Balaban J connectivity index is 1.44. The van der Waals surface area contributed by atoms with Crippen molar-refractivity contribution < 1.29 is 30.8 Å². The molecule has 11 heteroatoms. The van der Waals surface area contributed by atoms with Crippen LogP contribution in [-0.2, 0) is 27.5 Å². The fraction of sp³-hybridized carbons (Fsp3) is 0.250. The average Bonchev–Trinajstić information content (AvgIpc) is 3.34. The van der Waals surface area contributed by atoms with Crippen LogP contribution < -0.4 is 5.32 Å². The molecule has 1 saturated heterocycles. The summed E-state index contributed by atoms with van der Waals surface area (Å²) in [5.74, 6) is -1.03. The standard InChI is InChI=1S/C24H21F4N3O3S/c25-19-7-9-20(10-8-19)35(33,34)31-12-2-5-22(31)23(32)30-14-16-3-1-4-17(13-16)21-11-6-18(15-29-21)24(26,27)28/h1,3-4,6-11,13,15,22H,2,5,12,14H2,(H,30,32)/t22-/m0/s1. The Morgan fingerprint density at radius 3 is 2.49 bits per heavy atom. The molecule has 0 spiro atoms. The van der Waals surface area contributed by atoms with Crippen LogP contribution in [0.3, 0.4) is 0 Å². The van der Waals surface area contributed by atoms with E-state index < -0.39 is 39.5 Å². The number of hydrogen-bond acceptors (Lipinski definition) is 4. The van der Waals surface area contributed by atoms with E-state index in [0.717, 1.165) is 28.7 Å². The quantitative estimate of drug-likeness (QED) is 0.503. The maximum atomic E-state index is 13.2. The number of aromatic nitrogens is 1. The Morgan fingerprint density at radius 1 is 1.09 bits per heavy atom. The zero-order valence-electron chi connectivity index (χ0n) is 18.3. The third-order valence-corrected chi connectivity index (χ3v) is 7.63. The molecule has 0 saturated carbocycles. The first kappa shape index (κ1) is 24.8. The third-order valence-electron chi connectivity index (χ3n) is 5.71. The predicted molar refractivity (Wildman–Crippen MR) is 120 cm³/mol. The highest BCUT2D eigenvalue weighted by molar-refractivity contribution is 7.89. The highest BCUT2D eigenvalue weighted by Gasteiger charge is 2.39. The summed E-state index contributed by atoms with van der Waals surface area (Å²) in [7, 11) is -3.97. The first-order chi connectivity index (χ1) is 16.6. The van der Waals surface area contributed by atoms with E-state index in [1.807, 2.05) is 0 Å². The van der Waals surface area contributed by atoms with Gasteiger partial charge in [0.05, 0.1) is 16.2 Å². The third kappa shape index (κ3) is 5.51. The maximum Gasteiger partial charge on any atom is 0.417 e. The van der Waals surface area contributed by atoms with Crippen molar-refractivity contribution in [3.8, 4) is 11.3 Å². The Bertz CT molecular complexity index is 1310.